The molecule has 0 saturated carbocycles. The molecule has 2 atom stereocenters. The molecule has 0 aliphatic carbocycles. The molecule has 0 bridgehead atoms. The summed E-state index contributed by atoms with van der Waals surface area (Å²) in [5, 5.41) is 15.9. The van der Waals surface area contributed by atoms with Crippen molar-refractivity contribution in [1.29, 1.82) is 0 Å². The summed E-state index contributed by atoms with van der Waals surface area (Å²) < 4.78 is 27.0. The minimum Gasteiger partial charge on any atom is -0.494 e. The maximum Gasteiger partial charge on any atom is 0.252 e. The predicted molar refractivity (Wildman–Crippen MR) is 168 cm³/mol. The number of nitrogens with one attached hydrogen (secondary N) is 1. The smallest absolute Gasteiger partial charge is 0.252 e. The fraction of sp³-hybridized carbons (Fsp3) is 0.212. The highest BCUT2D eigenvalue weighted by Crippen LogP contribution is 2.45. The first kappa shape index (κ1) is 30.7. The number of nitrogens with zero attached hydrogens (tertiary/aromatic N) is 4. The van der Waals surface area contributed by atoms with E-state index >= 15 is 0 Å². The van der Waals surface area contributed by atoms with Gasteiger partial charge in [0.25, 0.3) is 5.91 Å². The molecule has 11 heteroatoms. The molecule has 4 aromatic carbocycles. The van der Waals surface area contributed by atoms with Crippen LogP contribution in [0.3, 0.4) is 0 Å². The third kappa shape index (κ3) is 7.08. The topological polar surface area (TPSA) is 129 Å². The summed E-state index contributed by atoms with van der Waals surface area (Å²) in [4.78, 5) is 22.4. The van der Waals surface area contributed by atoms with Crippen LogP contribution in [0.2, 0.25) is 0 Å². The lowest BCUT2D eigenvalue weighted by Gasteiger charge is -2.31. The van der Waals surface area contributed by atoms with Gasteiger partial charge >= 0.3 is 0 Å². The lowest BCUT2D eigenvalue weighted by molar-refractivity contribution is -0.129. The molecule has 44 heavy (non-hydrogen) atoms. The van der Waals surface area contributed by atoms with Gasteiger partial charge < -0.3 is 19.9 Å². The first-order valence-corrected chi connectivity index (χ1v) is 14.7. The van der Waals surface area contributed by atoms with Gasteiger partial charge in [-0.05, 0) is 65.2 Å². The molecule has 2 N–H and O–H groups in total. The fourth-order valence-electron chi connectivity index (χ4n) is 5.00. The summed E-state index contributed by atoms with van der Waals surface area (Å²) in [5.74, 6) is -0.00848. The van der Waals surface area contributed by atoms with Crippen LogP contribution in [0.15, 0.2) is 112 Å². The number of carbonyl (C=O) groups excluding carboxylic acids is 1. The molecule has 0 radical (unpaired) electrons. The van der Waals surface area contributed by atoms with Crippen molar-refractivity contribution in [1.82, 2.24) is 5.32 Å². The Bertz CT molecular complexity index is 1690. The zero-order chi connectivity index (χ0) is 30.9. The van der Waals surface area contributed by atoms with Crippen molar-refractivity contribution in [3.63, 3.8) is 0 Å². The first-order valence-electron chi connectivity index (χ1n) is 13.9. The molecular formula is C33H29BrFN5O4. The molecule has 1 aliphatic heterocycles. The highest BCUT2D eigenvalue weighted by Gasteiger charge is 2.53. The van der Waals surface area contributed by atoms with Gasteiger partial charge in [0.2, 0.25) is 5.90 Å². The van der Waals surface area contributed by atoms with Crippen LogP contribution < -0.4 is 10.1 Å². The number of aliphatic hydroxyl groups excluding tert-OH is 1. The summed E-state index contributed by atoms with van der Waals surface area (Å²) in [6.07, 6.45) is -0.320. The van der Waals surface area contributed by atoms with Crippen molar-refractivity contribution in [2.75, 3.05) is 13.2 Å². The van der Waals surface area contributed by atoms with Crippen LogP contribution >= 0.6 is 15.9 Å². The Hall–Kier alpha value is -4.70. The van der Waals surface area contributed by atoms with Crippen LogP contribution in [-0.2, 0) is 22.5 Å². The molecule has 1 amide bonds. The minimum absolute atomic E-state index is 0.0309. The van der Waals surface area contributed by atoms with Crippen LogP contribution in [-0.4, -0.2) is 35.7 Å². The van der Waals surface area contributed by atoms with Gasteiger partial charge in [0.15, 0.2) is 11.6 Å². The van der Waals surface area contributed by atoms with Crippen LogP contribution in [0.25, 0.3) is 10.4 Å². The highest BCUT2D eigenvalue weighted by molar-refractivity contribution is 9.10. The second-order valence-electron chi connectivity index (χ2n) is 10.2. The van der Waals surface area contributed by atoms with E-state index < -0.39 is 23.4 Å². The number of amides is 1. The van der Waals surface area contributed by atoms with E-state index in [9.17, 15) is 14.7 Å². The third-order valence-electron chi connectivity index (χ3n) is 7.13. The average Bonchev–Trinajstić information content (AvgIpc) is 3.42. The lowest BCUT2D eigenvalue weighted by atomic mass is 9.81. The monoisotopic (exact) mass is 657 g/mol. The molecule has 5 rings (SSSR count). The molecule has 9 nitrogen and oxygen atoms in total. The van der Waals surface area contributed by atoms with E-state index in [2.05, 4.69) is 31.3 Å². The third-order valence-corrected chi connectivity index (χ3v) is 7.66. The number of hydrogen-bond donors (Lipinski definition) is 2. The number of hydrogen-bond acceptors (Lipinski definition) is 6. The van der Waals surface area contributed by atoms with Crippen molar-refractivity contribution in [3.8, 4) is 5.75 Å². The van der Waals surface area contributed by atoms with E-state index in [1.54, 1.807) is 60.7 Å². The fourth-order valence-corrected chi connectivity index (χ4v) is 5.27. The molecule has 0 unspecified atom stereocenters. The first-order chi connectivity index (χ1) is 21.4. The summed E-state index contributed by atoms with van der Waals surface area (Å²) in [5.41, 5.74) is 10.6. The molecular weight excluding hydrogens is 629 g/mol. The van der Waals surface area contributed by atoms with Crippen LogP contribution in [0.4, 0.5) is 10.1 Å². The maximum absolute atomic E-state index is 14.4. The largest absolute Gasteiger partial charge is 0.494 e. The van der Waals surface area contributed by atoms with Crippen LogP contribution in [0.1, 0.15) is 34.8 Å². The number of ether oxygens (including phenoxy) is 2. The van der Waals surface area contributed by atoms with E-state index in [4.69, 9.17) is 19.6 Å². The van der Waals surface area contributed by atoms with Crippen LogP contribution in [0, 0.1) is 5.82 Å². The van der Waals surface area contributed by atoms with Gasteiger partial charge in [-0.2, -0.15) is 0 Å². The lowest BCUT2D eigenvalue weighted by Crippen LogP contribution is -2.49. The summed E-state index contributed by atoms with van der Waals surface area (Å²) in [6, 6.07) is 27.6. The Morgan fingerprint density at radius 2 is 1.84 bits per heavy atom. The second-order valence-corrected chi connectivity index (χ2v) is 11.1. The highest BCUT2D eigenvalue weighted by atomic mass is 79.9. The minimum atomic E-state index is -1.53. The standard InChI is InChI=1S/C33H29BrFN5O4/c34-25-13-9-22(10-14-25)20-33(32(42)37-21-23-5-3-6-26(35)19-23)30(28-7-1-2-8-29(28)39-40-36)44-31(38-33)24-11-15-27(16-12-24)43-18-4-17-41/h1-3,5-16,19,30,41H,4,17-18,20-21H2,(H,37,42)/t30-,33-/m1/s1. The van der Waals surface area contributed by atoms with E-state index in [-0.39, 0.29) is 25.5 Å². The van der Waals surface area contributed by atoms with Gasteiger partial charge in [0.1, 0.15) is 11.6 Å². The van der Waals surface area contributed by atoms with Crippen molar-refractivity contribution in [3.05, 3.63) is 140 Å². The number of aliphatic imine (C=N–C) groups is 1. The van der Waals surface area contributed by atoms with E-state index in [1.807, 2.05) is 24.3 Å². The van der Waals surface area contributed by atoms with Crippen molar-refractivity contribution >= 4 is 33.4 Å². The molecule has 224 valence electrons. The quantitative estimate of drug-likeness (QED) is 0.0728. The Kier molecular flexibility index (Phi) is 9.91. The second kappa shape index (κ2) is 14.2. The average molecular weight is 659 g/mol. The van der Waals surface area contributed by atoms with Crippen LogP contribution in [0.5, 0.6) is 5.75 Å². The van der Waals surface area contributed by atoms with E-state index in [1.165, 1.54) is 12.1 Å². The Morgan fingerprint density at radius 3 is 2.57 bits per heavy atom. The van der Waals surface area contributed by atoms with Gasteiger partial charge in [-0.1, -0.05) is 69.6 Å². The van der Waals surface area contributed by atoms with Crippen molar-refractivity contribution < 1.29 is 23.8 Å². The van der Waals surface area contributed by atoms with Gasteiger partial charge in [-0.15, -0.1) is 0 Å². The van der Waals surface area contributed by atoms with Gasteiger partial charge in [0.05, 0.1) is 6.61 Å². The number of halogens is 2. The summed E-state index contributed by atoms with van der Waals surface area (Å²) >= 11 is 3.47. The van der Waals surface area contributed by atoms with Gasteiger partial charge in [-0.3, -0.25) is 4.79 Å². The molecule has 0 spiro atoms. The molecule has 0 saturated heterocycles. The normalized spacial score (nSPS) is 17.2. The number of rotatable bonds is 12. The maximum atomic E-state index is 14.4. The summed E-state index contributed by atoms with van der Waals surface area (Å²) in [7, 11) is 0. The molecule has 4 aromatic rings. The Morgan fingerprint density at radius 1 is 1.07 bits per heavy atom. The molecule has 1 aliphatic rings. The SMILES string of the molecule is [N-]=[N+]=Nc1ccccc1[C@H]1OC(c2ccc(OCCCO)cc2)=N[C@@]1(Cc1ccc(Br)cc1)C(=O)NCc1cccc(F)c1. The van der Waals surface area contributed by atoms with Gasteiger partial charge in [-0.25, -0.2) is 9.38 Å². The Labute approximate surface area is 262 Å². The number of aliphatic hydroxyl groups is 1. The van der Waals surface area contributed by atoms with Crippen molar-refractivity contribution in [2.24, 2.45) is 10.1 Å². The Balaban J connectivity index is 1.60. The van der Waals surface area contributed by atoms with Crippen molar-refractivity contribution in [2.45, 2.75) is 31.0 Å². The summed E-state index contributed by atoms with van der Waals surface area (Å²) in [6.45, 7) is 0.463. The number of benzene rings is 4. The zero-order valence-corrected chi connectivity index (χ0v) is 25.2. The van der Waals surface area contributed by atoms with E-state index in [0.29, 0.717) is 41.2 Å². The van der Waals surface area contributed by atoms with E-state index in [0.717, 1.165) is 10.0 Å². The molecule has 0 fully saturated rings. The number of azide groups is 1. The molecule has 1 heterocycles. The van der Waals surface area contributed by atoms with Gasteiger partial charge in [0, 0.05) is 52.2 Å². The number of carbonyl (C=O) groups is 1. The predicted octanol–water partition coefficient (Wildman–Crippen LogP) is 7.11. The molecule has 0 aromatic heterocycles. The zero-order valence-electron chi connectivity index (χ0n) is 23.6.